The maximum Gasteiger partial charge on any atom is 0.254 e. The molecule has 1 amide bonds. The molecule has 0 unspecified atom stereocenters. The van der Waals surface area contributed by atoms with Crippen molar-refractivity contribution in [2.45, 2.75) is 12.8 Å². The van der Waals surface area contributed by atoms with Crippen LogP contribution < -0.4 is 4.90 Å². The molecule has 5 heteroatoms. The van der Waals surface area contributed by atoms with Crippen LogP contribution in [0.1, 0.15) is 21.5 Å². The number of nitrogens with zero attached hydrogens (tertiary/aromatic N) is 4. The Morgan fingerprint density at radius 2 is 1.46 bits per heavy atom. The summed E-state index contributed by atoms with van der Waals surface area (Å²) in [7, 11) is 0. The van der Waals surface area contributed by atoms with E-state index in [0.717, 1.165) is 43.0 Å². The molecular weight excluding hydrogens is 348 g/mol. The minimum atomic E-state index is 0.122. The molecule has 0 saturated carbocycles. The van der Waals surface area contributed by atoms with E-state index < -0.39 is 0 Å². The molecular formula is C23H24N4O. The van der Waals surface area contributed by atoms with Gasteiger partial charge < -0.3 is 9.80 Å². The zero-order valence-electron chi connectivity index (χ0n) is 15.9. The van der Waals surface area contributed by atoms with Crippen LogP contribution in [0, 0.1) is 0 Å². The lowest BCUT2D eigenvalue weighted by atomic mass is 9.99. The third-order valence-corrected chi connectivity index (χ3v) is 5.18. The van der Waals surface area contributed by atoms with E-state index in [-0.39, 0.29) is 5.91 Å². The molecule has 2 aromatic carbocycles. The smallest absolute Gasteiger partial charge is 0.254 e. The molecule has 1 aliphatic rings. The Morgan fingerprint density at radius 1 is 0.786 bits per heavy atom. The predicted octanol–water partition coefficient (Wildman–Crippen LogP) is 3.22. The number of carbonyl (C=O) groups excluding carboxylic acids is 1. The van der Waals surface area contributed by atoms with E-state index in [2.05, 4.69) is 45.2 Å². The lowest BCUT2D eigenvalue weighted by molar-refractivity contribution is 0.0745. The summed E-state index contributed by atoms with van der Waals surface area (Å²) in [6.45, 7) is 2.87. The van der Waals surface area contributed by atoms with Crippen LogP contribution in [0.5, 0.6) is 0 Å². The number of aromatic nitrogens is 2. The Balaban J connectivity index is 1.41. The van der Waals surface area contributed by atoms with E-state index in [1.54, 1.807) is 12.4 Å². The van der Waals surface area contributed by atoms with Gasteiger partial charge in [0.05, 0.1) is 0 Å². The van der Waals surface area contributed by atoms with Gasteiger partial charge in [0.25, 0.3) is 5.91 Å². The Kier molecular flexibility index (Phi) is 5.61. The Hall–Kier alpha value is -3.21. The molecule has 1 saturated heterocycles. The fourth-order valence-corrected chi connectivity index (χ4v) is 3.61. The minimum Gasteiger partial charge on any atom is -0.337 e. The van der Waals surface area contributed by atoms with Crippen LogP contribution in [0.2, 0.25) is 0 Å². The average molecular weight is 372 g/mol. The quantitative estimate of drug-likeness (QED) is 0.690. The largest absolute Gasteiger partial charge is 0.337 e. The van der Waals surface area contributed by atoms with Gasteiger partial charge in [0.2, 0.25) is 5.95 Å². The van der Waals surface area contributed by atoms with Crippen molar-refractivity contribution in [1.29, 1.82) is 0 Å². The van der Waals surface area contributed by atoms with E-state index in [9.17, 15) is 4.79 Å². The van der Waals surface area contributed by atoms with Crippen molar-refractivity contribution in [3.05, 3.63) is 89.7 Å². The van der Waals surface area contributed by atoms with Crippen molar-refractivity contribution in [2.75, 3.05) is 31.1 Å². The maximum absolute atomic E-state index is 13.2. The second-order valence-electron chi connectivity index (χ2n) is 6.97. The number of carbonyl (C=O) groups is 1. The number of rotatable bonds is 5. The van der Waals surface area contributed by atoms with Crippen LogP contribution in [0.25, 0.3) is 0 Å². The topological polar surface area (TPSA) is 49.3 Å². The molecule has 3 aromatic rings. The number of anilines is 1. The van der Waals surface area contributed by atoms with E-state index in [1.165, 1.54) is 5.56 Å². The molecule has 28 heavy (non-hydrogen) atoms. The highest BCUT2D eigenvalue weighted by Gasteiger charge is 2.24. The summed E-state index contributed by atoms with van der Waals surface area (Å²) in [5, 5.41) is 0. The molecule has 0 N–H and O–H groups in total. The lowest BCUT2D eigenvalue weighted by Crippen LogP contribution is -2.49. The summed E-state index contributed by atoms with van der Waals surface area (Å²) >= 11 is 0. The van der Waals surface area contributed by atoms with E-state index in [1.807, 2.05) is 35.2 Å². The summed E-state index contributed by atoms with van der Waals surface area (Å²) in [4.78, 5) is 25.8. The minimum absolute atomic E-state index is 0.122. The number of aryl methyl sites for hydroxylation is 2. The van der Waals surface area contributed by atoms with Crippen molar-refractivity contribution >= 4 is 11.9 Å². The summed E-state index contributed by atoms with van der Waals surface area (Å²) < 4.78 is 0. The summed E-state index contributed by atoms with van der Waals surface area (Å²) in [5.74, 6) is 0.857. The molecule has 0 atom stereocenters. The van der Waals surface area contributed by atoms with Crippen molar-refractivity contribution in [2.24, 2.45) is 0 Å². The van der Waals surface area contributed by atoms with Gasteiger partial charge in [-0.3, -0.25) is 4.79 Å². The second kappa shape index (κ2) is 8.65. The van der Waals surface area contributed by atoms with Crippen LogP contribution in [-0.4, -0.2) is 47.0 Å². The SMILES string of the molecule is O=C(c1ccccc1CCc1ccccc1)N1CCN(c2ncccn2)CC1. The highest BCUT2D eigenvalue weighted by atomic mass is 16.2. The number of hydrogen-bond donors (Lipinski definition) is 0. The van der Waals surface area contributed by atoms with E-state index >= 15 is 0 Å². The second-order valence-corrected chi connectivity index (χ2v) is 6.97. The zero-order chi connectivity index (χ0) is 19.2. The van der Waals surface area contributed by atoms with Crippen molar-refractivity contribution in [3.8, 4) is 0 Å². The van der Waals surface area contributed by atoms with Gasteiger partial charge in [-0.25, -0.2) is 9.97 Å². The number of piperazine rings is 1. The number of benzene rings is 2. The summed E-state index contributed by atoms with van der Waals surface area (Å²) in [6, 6.07) is 20.2. The van der Waals surface area contributed by atoms with Crippen molar-refractivity contribution in [1.82, 2.24) is 14.9 Å². The fraction of sp³-hybridized carbons (Fsp3) is 0.261. The third-order valence-electron chi connectivity index (χ3n) is 5.18. The van der Waals surface area contributed by atoms with Gasteiger partial charge in [0, 0.05) is 44.1 Å². The van der Waals surface area contributed by atoms with Gasteiger partial charge in [0.1, 0.15) is 0 Å². The van der Waals surface area contributed by atoms with Gasteiger partial charge in [0.15, 0.2) is 0 Å². The van der Waals surface area contributed by atoms with Crippen LogP contribution in [0.4, 0.5) is 5.95 Å². The standard InChI is InChI=1S/C23H24N4O/c28-22(26-15-17-27(18-16-26)23-24-13-6-14-25-23)21-10-5-4-9-20(21)12-11-19-7-2-1-3-8-19/h1-10,13-14H,11-12,15-18H2. The monoisotopic (exact) mass is 372 g/mol. The first-order valence-corrected chi connectivity index (χ1v) is 9.74. The molecule has 1 fully saturated rings. The van der Waals surface area contributed by atoms with Crippen molar-refractivity contribution < 1.29 is 4.79 Å². The zero-order valence-corrected chi connectivity index (χ0v) is 15.9. The molecule has 4 rings (SSSR count). The first-order chi connectivity index (χ1) is 13.8. The van der Waals surface area contributed by atoms with Gasteiger partial charge in [-0.1, -0.05) is 48.5 Å². The van der Waals surface area contributed by atoms with Crippen LogP contribution in [-0.2, 0) is 12.8 Å². The van der Waals surface area contributed by atoms with Gasteiger partial charge in [-0.15, -0.1) is 0 Å². The van der Waals surface area contributed by atoms with Crippen LogP contribution >= 0.6 is 0 Å². The van der Waals surface area contributed by atoms with Gasteiger partial charge in [-0.05, 0) is 36.1 Å². The predicted molar refractivity (Wildman–Crippen MR) is 110 cm³/mol. The molecule has 0 radical (unpaired) electrons. The van der Waals surface area contributed by atoms with Gasteiger partial charge in [-0.2, -0.15) is 0 Å². The molecule has 0 aliphatic carbocycles. The summed E-state index contributed by atoms with van der Waals surface area (Å²) in [6.07, 6.45) is 5.31. The van der Waals surface area contributed by atoms with Crippen LogP contribution in [0.3, 0.4) is 0 Å². The average Bonchev–Trinajstić information content (AvgIpc) is 2.79. The Labute approximate surface area is 165 Å². The third kappa shape index (κ3) is 4.19. The molecule has 0 spiro atoms. The van der Waals surface area contributed by atoms with E-state index in [4.69, 9.17) is 0 Å². The highest BCUT2D eigenvalue weighted by Crippen LogP contribution is 2.17. The van der Waals surface area contributed by atoms with Crippen molar-refractivity contribution in [3.63, 3.8) is 0 Å². The highest BCUT2D eigenvalue weighted by molar-refractivity contribution is 5.95. The molecule has 1 aromatic heterocycles. The van der Waals surface area contributed by atoms with E-state index in [0.29, 0.717) is 13.1 Å². The number of hydrogen-bond acceptors (Lipinski definition) is 4. The Bertz CT molecular complexity index is 906. The first kappa shape index (κ1) is 18.2. The lowest BCUT2D eigenvalue weighted by Gasteiger charge is -2.35. The fourth-order valence-electron chi connectivity index (χ4n) is 3.61. The first-order valence-electron chi connectivity index (χ1n) is 9.74. The molecule has 142 valence electrons. The molecule has 2 heterocycles. The summed E-state index contributed by atoms with van der Waals surface area (Å²) in [5.41, 5.74) is 3.23. The Morgan fingerprint density at radius 3 is 2.21 bits per heavy atom. The maximum atomic E-state index is 13.2. The number of amides is 1. The molecule has 5 nitrogen and oxygen atoms in total. The molecule has 1 aliphatic heterocycles. The normalized spacial score (nSPS) is 14.1. The van der Waals surface area contributed by atoms with Gasteiger partial charge >= 0.3 is 0 Å². The van der Waals surface area contributed by atoms with Crippen LogP contribution in [0.15, 0.2) is 73.1 Å². The molecule has 0 bridgehead atoms.